The molecule has 1 heterocycles. The number of nitrogens with two attached hydrogens (primary N) is 1. The molecule has 1 aliphatic heterocycles. The molecule has 200 valence electrons. The molecule has 1 saturated carbocycles. The Morgan fingerprint density at radius 2 is 1.74 bits per heavy atom. The summed E-state index contributed by atoms with van der Waals surface area (Å²) < 4.78 is 26.7. The Hall–Kier alpha value is -3.29. The largest absolute Gasteiger partial charge is 0.397 e. The lowest BCUT2D eigenvalue weighted by atomic mass is 9.96. The number of hydrogen-bond acceptors (Lipinski definition) is 4. The highest BCUT2D eigenvalue weighted by Crippen LogP contribution is 2.41. The number of amides is 1. The Balaban J connectivity index is 0.971. The van der Waals surface area contributed by atoms with Gasteiger partial charge in [0.05, 0.1) is 11.4 Å². The van der Waals surface area contributed by atoms with Gasteiger partial charge < -0.3 is 21.3 Å². The van der Waals surface area contributed by atoms with Gasteiger partial charge in [-0.15, -0.1) is 0 Å². The van der Waals surface area contributed by atoms with Crippen molar-refractivity contribution in [1.82, 2.24) is 10.2 Å². The normalized spacial score (nSPS) is 19.8. The van der Waals surface area contributed by atoms with Crippen molar-refractivity contribution in [3.05, 3.63) is 95.1 Å². The average Bonchev–Trinajstić information content (AvgIpc) is 3.71. The molecule has 1 aliphatic carbocycles. The van der Waals surface area contributed by atoms with Crippen LogP contribution in [0.2, 0.25) is 0 Å². The molecule has 7 heteroatoms. The van der Waals surface area contributed by atoms with Crippen LogP contribution in [0, 0.1) is 17.6 Å². The molecule has 5 rings (SSSR count). The summed E-state index contributed by atoms with van der Waals surface area (Å²) in [5, 5.41) is 6.51. The van der Waals surface area contributed by atoms with Crippen molar-refractivity contribution in [3.63, 3.8) is 0 Å². The number of para-hydroxylation sites is 2. The van der Waals surface area contributed by atoms with Crippen molar-refractivity contribution >= 4 is 17.3 Å². The SMILES string of the molecule is Nc1ccccc1NC(=O)c1ccc(CCCN2CCC(CNC3C[C@H]3c3ccc(F)c(F)c3)CC2)cc1. The highest BCUT2D eigenvalue weighted by Gasteiger charge is 2.38. The van der Waals surface area contributed by atoms with E-state index in [0.29, 0.717) is 34.8 Å². The summed E-state index contributed by atoms with van der Waals surface area (Å²) >= 11 is 0. The molecule has 1 unspecified atom stereocenters. The molecule has 3 aromatic carbocycles. The average molecular weight is 519 g/mol. The Kier molecular flexibility index (Phi) is 8.35. The Labute approximate surface area is 223 Å². The first kappa shape index (κ1) is 26.3. The highest BCUT2D eigenvalue weighted by molar-refractivity contribution is 6.05. The minimum atomic E-state index is -0.779. The highest BCUT2D eigenvalue weighted by atomic mass is 19.2. The minimum absolute atomic E-state index is 0.159. The monoisotopic (exact) mass is 518 g/mol. The van der Waals surface area contributed by atoms with Crippen LogP contribution in [0.25, 0.3) is 0 Å². The fourth-order valence-corrected chi connectivity index (χ4v) is 5.40. The molecule has 2 aliphatic rings. The first-order valence-corrected chi connectivity index (χ1v) is 13.6. The van der Waals surface area contributed by atoms with Crippen LogP contribution in [-0.2, 0) is 6.42 Å². The van der Waals surface area contributed by atoms with Gasteiger partial charge >= 0.3 is 0 Å². The van der Waals surface area contributed by atoms with E-state index in [1.54, 1.807) is 18.2 Å². The van der Waals surface area contributed by atoms with E-state index >= 15 is 0 Å². The van der Waals surface area contributed by atoms with Gasteiger partial charge in [-0.2, -0.15) is 0 Å². The molecule has 1 saturated heterocycles. The van der Waals surface area contributed by atoms with E-state index in [1.165, 1.54) is 30.5 Å². The summed E-state index contributed by atoms with van der Waals surface area (Å²) in [4.78, 5) is 15.1. The van der Waals surface area contributed by atoms with Crippen LogP contribution < -0.4 is 16.4 Å². The summed E-state index contributed by atoms with van der Waals surface area (Å²) in [6, 6.07) is 19.7. The van der Waals surface area contributed by atoms with Gasteiger partial charge in [-0.05, 0) is 112 Å². The molecule has 38 heavy (non-hydrogen) atoms. The van der Waals surface area contributed by atoms with Crippen molar-refractivity contribution in [3.8, 4) is 0 Å². The van der Waals surface area contributed by atoms with Crippen molar-refractivity contribution in [1.29, 1.82) is 0 Å². The van der Waals surface area contributed by atoms with Gasteiger partial charge in [-0.1, -0.05) is 30.3 Å². The van der Waals surface area contributed by atoms with Gasteiger partial charge in [-0.3, -0.25) is 4.79 Å². The maximum Gasteiger partial charge on any atom is 0.255 e. The lowest BCUT2D eigenvalue weighted by Crippen LogP contribution is -2.38. The number of benzene rings is 3. The quantitative estimate of drug-likeness (QED) is 0.306. The number of anilines is 2. The molecule has 0 spiro atoms. The van der Waals surface area contributed by atoms with Crippen LogP contribution in [0.5, 0.6) is 0 Å². The number of rotatable bonds is 10. The number of carbonyl (C=O) groups excluding carboxylic acids is 1. The third-order valence-electron chi connectivity index (χ3n) is 7.90. The maximum atomic E-state index is 13.5. The molecule has 3 aromatic rings. The summed E-state index contributed by atoms with van der Waals surface area (Å²) in [6.07, 6.45) is 5.45. The van der Waals surface area contributed by atoms with Crippen LogP contribution in [0.1, 0.15) is 53.1 Å². The summed E-state index contributed by atoms with van der Waals surface area (Å²) in [6.45, 7) is 4.31. The van der Waals surface area contributed by atoms with Crippen LogP contribution in [0.15, 0.2) is 66.7 Å². The van der Waals surface area contributed by atoms with E-state index in [1.807, 2.05) is 36.4 Å². The lowest BCUT2D eigenvalue weighted by molar-refractivity contribution is 0.102. The third kappa shape index (κ3) is 6.77. The number of nitrogens with one attached hydrogen (secondary N) is 2. The predicted molar refractivity (Wildman–Crippen MR) is 148 cm³/mol. The number of nitrogen functional groups attached to an aromatic ring is 1. The summed E-state index contributed by atoms with van der Waals surface area (Å²) in [7, 11) is 0. The smallest absolute Gasteiger partial charge is 0.255 e. The van der Waals surface area contributed by atoms with Gasteiger partial charge in [0.15, 0.2) is 11.6 Å². The number of nitrogens with zero attached hydrogens (tertiary/aromatic N) is 1. The fraction of sp³-hybridized carbons (Fsp3) is 0.387. The zero-order valence-electron chi connectivity index (χ0n) is 21.6. The summed E-state index contributed by atoms with van der Waals surface area (Å²) in [5.74, 6) is -0.722. The van der Waals surface area contributed by atoms with Gasteiger partial charge in [0.2, 0.25) is 0 Å². The van der Waals surface area contributed by atoms with Crippen LogP contribution >= 0.6 is 0 Å². The van der Waals surface area contributed by atoms with Gasteiger partial charge in [0, 0.05) is 17.5 Å². The molecule has 1 amide bonds. The number of halogens is 2. The second-order valence-electron chi connectivity index (χ2n) is 10.7. The third-order valence-corrected chi connectivity index (χ3v) is 7.90. The van der Waals surface area contributed by atoms with E-state index in [9.17, 15) is 13.6 Å². The number of aryl methyl sites for hydroxylation is 1. The molecule has 2 atom stereocenters. The molecular weight excluding hydrogens is 482 g/mol. The molecule has 0 aromatic heterocycles. The van der Waals surface area contributed by atoms with Gasteiger partial charge in [-0.25, -0.2) is 8.78 Å². The molecule has 0 bridgehead atoms. The van der Waals surface area contributed by atoms with E-state index in [-0.39, 0.29) is 5.91 Å². The molecule has 0 radical (unpaired) electrons. The first-order valence-electron chi connectivity index (χ1n) is 13.6. The molecular formula is C31H36F2N4O. The predicted octanol–water partition coefficient (Wildman–Crippen LogP) is 5.59. The van der Waals surface area contributed by atoms with Crippen molar-refractivity contribution in [2.24, 2.45) is 5.92 Å². The van der Waals surface area contributed by atoms with Crippen LogP contribution in [-0.4, -0.2) is 43.0 Å². The van der Waals surface area contributed by atoms with Crippen LogP contribution in [0.4, 0.5) is 20.2 Å². The first-order chi connectivity index (χ1) is 18.5. The molecule has 5 nitrogen and oxygen atoms in total. The standard InChI is InChI=1S/C31H36F2N4O/c32-26-12-11-24(18-27(26)33)25-19-30(25)35-20-22-13-16-37(17-14-22)15-3-4-21-7-9-23(10-8-21)31(38)36-29-6-2-1-5-28(29)34/h1-2,5-12,18,22,25,30,35H,3-4,13-17,19-20,34H2,(H,36,38)/t25-,30?/m0/s1. The summed E-state index contributed by atoms with van der Waals surface area (Å²) in [5.41, 5.74) is 9.84. The molecule has 2 fully saturated rings. The number of hydrogen-bond donors (Lipinski definition) is 3. The Morgan fingerprint density at radius 3 is 2.47 bits per heavy atom. The fourth-order valence-electron chi connectivity index (χ4n) is 5.40. The second kappa shape index (κ2) is 12.0. The van der Waals surface area contributed by atoms with Gasteiger partial charge in [0.25, 0.3) is 5.91 Å². The lowest BCUT2D eigenvalue weighted by Gasteiger charge is -2.32. The number of carbonyl (C=O) groups is 1. The zero-order valence-corrected chi connectivity index (χ0v) is 21.6. The van der Waals surface area contributed by atoms with E-state index < -0.39 is 11.6 Å². The Bertz CT molecular complexity index is 1240. The minimum Gasteiger partial charge on any atom is -0.397 e. The van der Waals surface area contributed by atoms with E-state index in [4.69, 9.17) is 5.73 Å². The topological polar surface area (TPSA) is 70.4 Å². The maximum absolute atomic E-state index is 13.5. The Morgan fingerprint density at radius 1 is 0.974 bits per heavy atom. The number of likely N-dealkylation sites (tertiary alicyclic amines) is 1. The second-order valence-corrected chi connectivity index (χ2v) is 10.7. The van der Waals surface area contributed by atoms with Gasteiger partial charge in [0.1, 0.15) is 0 Å². The van der Waals surface area contributed by atoms with Crippen LogP contribution in [0.3, 0.4) is 0 Å². The van der Waals surface area contributed by atoms with E-state index in [0.717, 1.165) is 51.0 Å². The molecule has 4 N–H and O–H groups in total. The number of piperidine rings is 1. The van der Waals surface area contributed by atoms with E-state index in [2.05, 4.69) is 15.5 Å². The van der Waals surface area contributed by atoms with Crippen molar-refractivity contribution in [2.75, 3.05) is 37.2 Å². The van der Waals surface area contributed by atoms with Crippen molar-refractivity contribution < 1.29 is 13.6 Å². The van der Waals surface area contributed by atoms with Crippen molar-refractivity contribution in [2.45, 2.75) is 44.1 Å². The zero-order chi connectivity index (χ0) is 26.5.